The molecule has 2 rings (SSSR count). The Kier molecular flexibility index (Phi) is 26.5. The van der Waals surface area contributed by atoms with E-state index >= 15 is 0 Å². The third-order valence-corrected chi connectivity index (χ3v) is 2.00. The van der Waals surface area contributed by atoms with Gasteiger partial charge in [0.1, 0.15) is 0 Å². The molecule has 4 heteroatoms. The van der Waals surface area contributed by atoms with E-state index in [9.17, 15) is 0 Å². The number of hydrogen-bond acceptors (Lipinski definition) is 3. The van der Waals surface area contributed by atoms with Crippen LogP contribution in [0, 0.1) is 18.3 Å². The number of rotatable bonds is 2. The zero-order valence-electron chi connectivity index (χ0n) is 13.2. The van der Waals surface area contributed by atoms with E-state index in [0.717, 1.165) is 0 Å². The van der Waals surface area contributed by atoms with E-state index in [1.807, 2.05) is 0 Å². The molecule has 0 spiro atoms. The molecular weight excluding hydrogens is 300 g/mol. The summed E-state index contributed by atoms with van der Waals surface area (Å²) in [4.78, 5) is 0. The van der Waals surface area contributed by atoms with Crippen molar-refractivity contribution in [2.75, 3.05) is 19.8 Å². The zero-order chi connectivity index (χ0) is 15.6. The summed E-state index contributed by atoms with van der Waals surface area (Å²) in [6.07, 6.45) is 19.6. The van der Waals surface area contributed by atoms with Gasteiger partial charge in [0.2, 0.25) is 0 Å². The predicted octanol–water partition coefficient (Wildman–Crippen LogP) is 0.772. The van der Waals surface area contributed by atoms with Gasteiger partial charge in [0, 0.05) is 0 Å². The van der Waals surface area contributed by atoms with Gasteiger partial charge in [-0.3, -0.25) is 0 Å². The average molecular weight is 326 g/mol. The van der Waals surface area contributed by atoms with E-state index < -0.39 is 0 Å². The van der Waals surface area contributed by atoms with E-state index in [0.29, 0.717) is 11.8 Å². The monoisotopic (exact) mass is 326 g/mol. The van der Waals surface area contributed by atoms with Crippen molar-refractivity contribution in [2.24, 2.45) is 11.8 Å². The van der Waals surface area contributed by atoms with Crippen LogP contribution in [0.3, 0.4) is 0 Å². The molecule has 0 unspecified atom stereocenters. The molecular formula is C17H26O3Ti. The van der Waals surface area contributed by atoms with Gasteiger partial charge >= 0.3 is 21.7 Å². The molecule has 0 aromatic rings. The molecule has 0 fully saturated rings. The second-order valence-electron chi connectivity index (χ2n) is 3.75. The first-order chi connectivity index (χ1) is 9.69. The molecule has 2 aliphatic rings. The first-order valence-electron chi connectivity index (χ1n) is 6.99. The van der Waals surface area contributed by atoms with Crippen LogP contribution in [0.2, 0.25) is 0 Å². The molecule has 0 saturated heterocycles. The van der Waals surface area contributed by atoms with Gasteiger partial charge in [-0.2, -0.15) is 0 Å². The Morgan fingerprint density at radius 1 is 0.667 bits per heavy atom. The molecule has 0 N–H and O–H groups in total. The van der Waals surface area contributed by atoms with Crippen LogP contribution in [-0.2, 0) is 21.7 Å². The average Bonchev–Trinajstić information content (AvgIpc) is 3.06. The Labute approximate surface area is 144 Å². The number of allylic oxidation sites excluding steroid dienone is 8. The van der Waals surface area contributed by atoms with Gasteiger partial charge in [-0.15, -0.1) is 56.0 Å². The maximum atomic E-state index is 8.93. The van der Waals surface area contributed by atoms with E-state index in [4.69, 9.17) is 15.3 Å². The van der Waals surface area contributed by atoms with Crippen molar-refractivity contribution in [1.82, 2.24) is 0 Å². The molecule has 0 saturated carbocycles. The number of hydrogen-bond donors (Lipinski definition) is 0. The van der Waals surface area contributed by atoms with Gasteiger partial charge in [-0.05, 0) is 0 Å². The van der Waals surface area contributed by atoms with E-state index in [-0.39, 0.29) is 41.5 Å². The van der Waals surface area contributed by atoms with Crippen LogP contribution >= 0.6 is 0 Å². The van der Waals surface area contributed by atoms with Gasteiger partial charge in [-0.1, -0.05) is 45.1 Å². The Morgan fingerprint density at radius 3 is 1.05 bits per heavy atom. The van der Waals surface area contributed by atoms with Crippen molar-refractivity contribution in [3.05, 3.63) is 55.0 Å². The topological polar surface area (TPSA) is 69.2 Å². The maximum absolute atomic E-state index is 8.93. The summed E-state index contributed by atoms with van der Waals surface area (Å²) >= 11 is 0. The second-order valence-corrected chi connectivity index (χ2v) is 3.75. The van der Waals surface area contributed by atoms with Crippen molar-refractivity contribution >= 4 is 0 Å². The summed E-state index contributed by atoms with van der Waals surface area (Å²) in [5, 5.41) is 26.8. The molecule has 21 heavy (non-hydrogen) atoms. The standard InChI is InChI=1S/C11H11.3C2H5O.Ti/c1-2-6-10(5-1)9-11-7-3-4-8-11;3*1-2-3;/h1-11H;3*2H2,1H3;/q4*-1;+4. The van der Waals surface area contributed by atoms with Crippen LogP contribution in [0.25, 0.3) is 0 Å². The second kappa shape index (κ2) is 21.8. The largest absolute Gasteiger partial charge is 4.00 e. The summed E-state index contributed by atoms with van der Waals surface area (Å²) in [5.74, 6) is 1.10. The summed E-state index contributed by atoms with van der Waals surface area (Å²) in [6.45, 7) is 4.71. The third-order valence-electron chi connectivity index (χ3n) is 2.00. The molecule has 0 aromatic carbocycles. The quantitative estimate of drug-likeness (QED) is 0.556. The van der Waals surface area contributed by atoms with Crippen molar-refractivity contribution in [3.8, 4) is 0 Å². The molecule has 116 valence electrons. The van der Waals surface area contributed by atoms with Crippen LogP contribution in [-0.4, -0.2) is 19.8 Å². The molecule has 0 atom stereocenters. The summed E-state index contributed by atoms with van der Waals surface area (Å²) in [6, 6.07) is 0. The first kappa shape index (κ1) is 25.5. The van der Waals surface area contributed by atoms with Crippen LogP contribution in [0.15, 0.2) is 48.6 Å². The smallest absolute Gasteiger partial charge is 0.855 e. The van der Waals surface area contributed by atoms with Crippen LogP contribution in [0.1, 0.15) is 20.8 Å². The predicted molar refractivity (Wildman–Crippen MR) is 79.5 cm³/mol. The first-order valence-corrected chi connectivity index (χ1v) is 6.99. The SMILES string of the molecule is C1=CC([CH-]C2C=CC=C2)C=C1.CC[O-].CC[O-].CC[O-].[Ti+4]. The molecule has 0 heterocycles. The van der Waals surface area contributed by atoms with Crippen molar-refractivity contribution in [1.29, 1.82) is 0 Å². The van der Waals surface area contributed by atoms with Gasteiger partial charge in [0.25, 0.3) is 0 Å². The Bertz CT molecular complexity index is 242. The zero-order valence-corrected chi connectivity index (χ0v) is 14.8. The van der Waals surface area contributed by atoms with Crippen molar-refractivity contribution in [2.45, 2.75) is 20.8 Å². The van der Waals surface area contributed by atoms with Gasteiger partial charge in [0.05, 0.1) is 0 Å². The Morgan fingerprint density at radius 2 is 0.857 bits per heavy atom. The molecule has 2 aliphatic carbocycles. The maximum Gasteiger partial charge on any atom is 4.00 e. The summed E-state index contributed by atoms with van der Waals surface area (Å²) in [5.41, 5.74) is 0. The molecule has 0 aliphatic heterocycles. The minimum atomic E-state index is 0. The van der Waals surface area contributed by atoms with Gasteiger partial charge in [-0.25, -0.2) is 0 Å². The Hall–Kier alpha value is -0.446. The third kappa shape index (κ3) is 19.6. The van der Waals surface area contributed by atoms with Gasteiger partial charge < -0.3 is 21.7 Å². The fraction of sp³-hybridized carbons (Fsp3) is 0.471. The van der Waals surface area contributed by atoms with Crippen LogP contribution in [0.5, 0.6) is 0 Å². The summed E-state index contributed by atoms with van der Waals surface area (Å²) < 4.78 is 0. The molecule has 0 radical (unpaired) electrons. The van der Waals surface area contributed by atoms with Crippen LogP contribution < -0.4 is 15.3 Å². The molecule has 0 aromatic heterocycles. The molecule has 0 bridgehead atoms. The molecule has 3 nitrogen and oxygen atoms in total. The van der Waals surface area contributed by atoms with E-state index in [1.165, 1.54) is 0 Å². The Balaban J connectivity index is -0.000000276. The fourth-order valence-corrected chi connectivity index (χ4v) is 1.41. The minimum Gasteiger partial charge on any atom is -0.855 e. The van der Waals surface area contributed by atoms with Crippen molar-refractivity contribution in [3.63, 3.8) is 0 Å². The normalized spacial score (nSPS) is 14.4. The van der Waals surface area contributed by atoms with E-state index in [2.05, 4.69) is 55.0 Å². The minimum absolute atomic E-state index is 0. The molecule has 0 amide bonds. The fourth-order valence-electron chi connectivity index (χ4n) is 1.41. The van der Waals surface area contributed by atoms with E-state index in [1.54, 1.807) is 20.8 Å². The van der Waals surface area contributed by atoms with Crippen LogP contribution in [0.4, 0.5) is 0 Å². The van der Waals surface area contributed by atoms with Gasteiger partial charge in [0.15, 0.2) is 0 Å². The summed E-state index contributed by atoms with van der Waals surface area (Å²) in [7, 11) is 0. The van der Waals surface area contributed by atoms with Crippen molar-refractivity contribution < 1.29 is 37.0 Å².